The number of hydrogen-bond donors (Lipinski definition) is 1. The molecular weight excluding hydrogens is 296 g/mol. The lowest BCUT2D eigenvalue weighted by atomic mass is 10.2. The molecule has 0 spiro atoms. The standard InChI is InChI=1S/C16H26N4O3/c1-18(2)8-7-17-6-5-15(21)19-9-11-20(12-10-19)16(22)14-4-3-13-23-14/h3-4,13,17H,5-12H2,1-2H3. The van der Waals surface area contributed by atoms with Gasteiger partial charge in [-0.3, -0.25) is 9.59 Å². The minimum atomic E-state index is -0.104. The summed E-state index contributed by atoms with van der Waals surface area (Å²) < 4.78 is 5.13. The Morgan fingerprint density at radius 1 is 1.17 bits per heavy atom. The molecule has 128 valence electrons. The summed E-state index contributed by atoms with van der Waals surface area (Å²) >= 11 is 0. The predicted octanol–water partition coefficient (Wildman–Crippen LogP) is 0.105. The monoisotopic (exact) mass is 322 g/mol. The Morgan fingerprint density at radius 2 is 1.87 bits per heavy atom. The molecule has 1 aromatic heterocycles. The van der Waals surface area contributed by atoms with Crippen LogP contribution < -0.4 is 5.32 Å². The molecule has 1 N–H and O–H groups in total. The fourth-order valence-corrected chi connectivity index (χ4v) is 2.50. The first-order chi connectivity index (χ1) is 11.1. The number of amides is 2. The number of rotatable bonds is 7. The predicted molar refractivity (Wildman–Crippen MR) is 87.2 cm³/mol. The second kappa shape index (κ2) is 8.69. The van der Waals surface area contributed by atoms with Gasteiger partial charge in [0.2, 0.25) is 5.91 Å². The van der Waals surface area contributed by atoms with Gasteiger partial charge in [-0.25, -0.2) is 0 Å². The second-order valence-corrected chi connectivity index (χ2v) is 5.95. The van der Waals surface area contributed by atoms with Crippen LogP contribution in [0.25, 0.3) is 0 Å². The van der Waals surface area contributed by atoms with Gasteiger partial charge in [-0.2, -0.15) is 0 Å². The minimum absolute atomic E-state index is 0.104. The maximum atomic E-state index is 12.2. The highest BCUT2D eigenvalue weighted by atomic mass is 16.3. The molecule has 0 saturated carbocycles. The second-order valence-electron chi connectivity index (χ2n) is 5.95. The third-order valence-electron chi connectivity index (χ3n) is 3.90. The maximum absolute atomic E-state index is 12.2. The Labute approximate surface area is 137 Å². The van der Waals surface area contributed by atoms with E-state index in [4.69, 9.17) is 4.42 Å². The number of likely N-dealkylation sites (N-methyl/N-ethyl adjacent to an activating group) is 1. The lowest BCUT2D eigenvalue weighted by Crippen LogP contribution is -2.50. The van der Waals surface area contributed by atoms with Gasteiger partial charge in [0.1, 0.15) is 0 Å². The number of hydrogen-bond acceptors (Lipinski definition) is 5. The number of piperazine rings is 1. The Hall–Kier alpha value is -1.86. The van der Waals surface area contributed by atoms with Gasteiger partial charge < -0.3 is 24.4 Å². The van der Waals surface area contributed by atoms with Crippen molar-refractivity contribution >= 4 is 11.8 Å². The molecule has 1 aromatic rings. The first-order valence-electron chi connectivity index (χ1n) is 8.04. The third-order valence-corrected chi connectivity index (χ3v) is 3.90. The van der Waals surface area contributed by atoms with Crippen LogP contribution in [0.2, 0.25) is 0 Å². The van der Waals surface area contributed by atoms with E-state index in [1.807, 2.05) is 19.0 Å². The molecule has 0 atom stereocenters. The molecule has 7 heteroatoms. The van der Waals surface area contributed by atoms with E-state index in [1.165, 1.54) is 6.26 Å². The van der Waals surface area contributed by atoms with Crippen molar-refractivity contribution in [3.8, 4) is 0 Å². The van der Waals surface area contributed by atoms with E-state index in [9.17, 15) is 9.59 Å². The van der Waals surface area contributed by atoms with Crippen LogP contribution in [0.4, 0.5) is 0 Å². The van der Waals surface area contributed by atoms with E-state index in [1.54, 1.807) is 17.0 Å². The summed E-state index contributed by atoms with van der Waals surface area (Å²) in [6.45, 7) is 4.82. The first-order valence-corrected chi connectivity index (χ1v) is 8.04. The van der Waals surface area contributed by atoms with E-state index in [0.717, 1.165) is 13.1 Å². The van der Waals surface area contributed by atoms with Crippen molar-refractivity contribution in [3.63, 3.8) is 0 Å². The smallest absolute Gasteiger partial charge is 0.289 e. The average Bonchev–Trinajstić information content (AvgIpc) is 3.08. The Bertz CT molecular complexity index is 493. The van der Waals surface area contributed by atoms with Crippen LogP contribution in [0, 0.1) is 0 Å². The molecule has 7 nitrogen and oxygen atoms in total. The largest absolute Gasteiger partial charge is 0.459 e. The van der Waals surface area contributed by atoms with E-state index < -0.39 is 0 Å². The molecule has 1 aliphatic heterocycles. The van der Waals surface area contributed by atoms with Crippen LogP contribution in [0.1, 0.15) is 17.0 Å². The highest BCUT2D eigenvalue weighted by molar-refractivity contribution is 5.91. The van der Waals surface area contributed by atoms with Gasteiger partial charge in [0.25, 0.3) is 5.91 Å². The van der Waals surface area contributed by atoms with Gasteiger partial charge in [-0.05, 0) is 26.2 Å². The van der Waals surface area contributed by atoms with Crippen molar-refractivity contribution < 1.29 is 14.0 Å². The van der Waals surface area contributed by atoms with E-state index in [2.05, 4.69) is 10.2 Å². The van der Waals surface area contributed by atoms with Crippen LogP contribution in [-0.4, -0.2) is 86.4 Å². The summed E-state index contributed by atoms with van der Waals surface area (Å²) in [5, 5.41) is 3.27. The summed E-state index contributed by atoms with van der Waals surface area (Å²) in [6.07, 6.45) is 2.00. The zero-order valence-corrected chi connectivity index (χ0v) is 14.0. The van der Waals surface area contributed by atoms with Gasteiger partial charge in [0.05, 0.1) is 6.26 Å². The van der Waals surface area contributed by atoms with E-state index in [0.29, 0.717) is 44.9 Å². The highest BCUT2D eigenvalue weighted by Gasteiger charge is 2.25. The number of carbonyl (C=O) groups is 2. The average molecular weight is 322 g/mol. The molecule has 1 fully saturated rings. The number of furan rings is 1. The van der Waals surface area contributed by atoms with Crippen molar-refractivity contribution in [2.24, 2.45) is 0 Å². The fraction of sp³-hybridized carbons (Fsp3) is 0.625. The van der Waals surface area contributed by atoms with E-state index >= 15 is 0 Å². The summed E-state index contributed by atoms with van der Waals surface area (Å²) in [4.78, 5) is 30.0. The molecule has 0 bridgehead atoms. The topological polar surface area (TPSA) is 69.0 Å². The Balaban J connectivity index is 1.65. The molecule has 2 rings (SSSR count). The molecule has 0 aliphatic carbocycles. The van der Waals surface area contributed by atoms with Crippen molar-refractivity contribution in [2.45, 2.75) is 6.42 Å². The van der Waals surface area contributed by atoms with Crippen LogP contribution in [0.15, 0.2) is 22.8 Å². The molecule has 0 unspecified atom stereocenters. The summed E-state index contributed by atoms with van der Waals surface area (Å²) in [5.74, 6) is 0.398. The van der Waals surface area contributed by atoms with Crippen LogP contribution in [0.3, 0.4) is 0 Å². The van der Waals surface area contributed by atoms with Crippen molar-refractivity contribution in [1.82, 2.24) is 20.0 Å². The van der Waals surface area contributed by atoms with Crippen molar-refractivity contribution in [3.05, 3.63) is 24.2 Å². The van der Waals surface area contributed by atoms with Gasteiger partial charge in [0.15, 0.2) is 5.76 Å². The lowest BCUT2D eigenvalue weighted by molar-refractivity contribution is -0.132. The number of nitrogens with zero attached hydrogens (tertiary/aromatic N) is 3. The molecule has 0 radical (unpaired) electrons. The number of nitrogens with one attached hydrogen (secondary N) is 1. The summed E-state index contributed by atoms with van der Waals surface area (Å²) in [7, 11) is 4.05. The van der Waals surface area contributed by atoms with Crippen LogP contribution in [-0.2, 0) is 4.79 Å². The van der Waals surface area contributed by atoms with Crippen LogP contribution >= 0.6 is 0 Å². The molecule has 23 heavy (non-hydrogen) atoms. The quantitative estimate of drug-likeness (QED) is 0.722. The summed E-state index contributed by atoms with van der Waals surface area (Å²) in [6, 6.07) is 3.37. The molecular formula is C16H26N4O3. The number of carbonyl (C=O) groups excluding carboxylic acids is 2. The van der Waals surface area contributed by atoms with Crippen molar-refractivity contribution in [1.29, 1.82) is 0 Å². The van der Waals surface area contributed by atoms with Gasteiger partial charge in [-0.1, -0.05) is 0 Å². The van der Waals surface area contributed by atoms with Crippen molar-refractivity contribution in [2.75, 3.05) is 59.9 Å². The zero-order chi connectivity index (χ0) is 16.7. The minimum Gasteiger partial charge on any atom is -0.459 e. The molecule has 2 amide bonds. The lowest BCUT2D eigenvalue weighted by Gasteiger charge is -2.34. The molecule has 2 heterocycles. The highest BCUT2D eigenvalue weighted by Crippen LogP contribution is 2.10. The fourth-order valence-electron chi connectivity index (χ4n) is 2.50. The Morgan fingerprint density at radius 3 is 2.48 bits per heavy atom. The van der Waals surface area contributed by atoms with Gasteiger partial charge >= 0.3 is 0 Å². The Kier molecular flexibility index (Phi) is 6.61. The van der Waals surface area contributed by atoms with Gasteiger partial charge in [0, 0.05) is 52.2 Å². The normalized spacial score (nSPS) is 15.3. The summed E-state index contributed by atoms with van der Waals surface area (Å²) in [5.41, 5.74) is 0. The van der Waals surface area contributed by atoms with E-state index in [-0.39, 0.29) is 11.8 Å². The zero-order valence-electron chi connectivity index (χ0n) is 14.0. The molecule has 0 aromatic carbocycles. The van der Waals surface area contributed by atoms with Crippen LogP contribution in [0.5, 0.6) is 0 Å². The third kappa shape index (κ3) is 5.37. The molecule has 1 saturated heterocycles. The SMILES string of the molecule is CN(C)CCNCCC(=O)N1CCN(C(=O)c2ccco2)CC1. The molecule has 1 aliphatic rings. The maximum Gasteiger partial charge on any atom is 0.289 e. The first kappa shape index (κ1) is 17.5. The van der Waals surface area contributed by atoms with Gasteiger partial charge in [-0.15, -0.1) is 0 Å².